The fourth-order valence-electron chi connectivity index (χ4n) is 5.39. The van der Waals surface area contributed by atoms with Crippen molar-refractivity contribution < 1.29 is 23.9 Å². The lowest BCUT2D eigenvalue weighted by Gasteiger charge is -2.26. The maximum Gasteiger partial charge on any atom is 0.241 e. The van der Waals surface area contributed by atoms with Gasteiger partial charge in [0.05, 0.1) is 33.7 Å². The third kappa shape index (κ3) is 3.08. The summed E-state index contributed by atoms with van der Waals surface area (Å²) < 4.78 is 6.17. The Morgan fingerprint density at radius 1 is 0.778 bits per heavy atom. The molecule has 8 heteroatoms. The Morgan fingerprint density at radius 3 is 2.06 bits per heavy atom. The van der Waals surface area contributed by atoms with Crippen LogP contribution in [0.15, 0.2) is 78.9 Å². The van der Waals surface area contributed by atoms with E-state index in [0.29, 0.717) is 0 Å². The molecule has 0 radical (unpaired) electrons. The van der Waals surface area contributed by atoms with Crippen molar-refractivity contribution in [2.75, 3.05) is 4.90 Å². The fraction of sp³-hybridized carbons (Fsp3) is 0.143. The van der Waals surface area contributed by atoms with Gasteiger partial charge in [-0.1, -0.05) is 90.0 Å². The molecule has 3 aliphatic rings. The third-order valence-corrected chi connectivity index (χ3v) is 7.73. The Hall–Kier alpha value is -3.58. The number of carbonyl (C=O) groups is 4. The molecule has 6 nitrogen and oxygen atoms in total. The molecule has 2 heterocycles. The number of amides is 2. The van der Waals surface area contributed by atoms with Gasteiger partial charge in [-0.25, -0.2) is 4.90 Å². The highest BCUT2D eigenvalue weighted by Gasteiger charge is 2.74. The first-order valence-electron chi connectivity index (χ1n) is 11.3. The molecule has 3 aromatic carbocycles. The second-order valence-electron chi connectivity index (χ2n) is 8.91. The molecule has 0 aromatic heterocycles. The zero-order valence-electron chi connectivity index (χ0n) is 18.6. The molecule has 2 saturated heterocycles. The molecule has 178 valence electrons. The summed E-state index contributed by atoms with van der Waals surface area (Å²) >= 11 is 12.2. The number of nitrogens with zero attached hydrogens (tertiary/aromatic N) is 1. The van der Waals surface area contributed by atoms with Crippen LogP contribution >= 0.6 is 23.2 Å². The van der Waals surface area contributed by atoms with Crippen LogP contribution in [-0.4, -0.2) is 35.1 Å². The normalized spacial score (nSPS) is 24.3. The Bertz CT molecular complexity index is 1460. The number of hydrogen-bond donors (Lipinski definition) is 0. The Morgan fingerprint density at radius 2 is 1.42 bits per heavy atom. The van der Waals surface area contributed by atoms with Crippen molar-refractivity contribution >= 4 is 58.3 Å². The smallest absolute Gasteiger partial charge is 0.241 e. The van der Waals surface area contributed by atoms with Crippen molar-refractivity contribution in [3.63, 3.8) is 0 Å². The molecule has 2 fully saturated rings. The predicted molar refractivity (Wildman–Crippen MR) is 134 cm³/mol. The molecule has 0 bridgehead atoms. The van der Waals surface area contributed by atoms with Crippen molar-refractivity contribution in [2.24, 2.45) is 11.8 Å². The summed E-state index contributed by atoms with van der Waals surface area (Å²) in [6.45, 7) is 0. The van der Waals surface area contributed by atoms with Crippen LogP contribution in [-0.2, 0) is 14.3 Å². The first-order valence-corrected chi connectivity index (χ1v) is 12.0. The second kappa shape index (κ2) is 8.23. The summed E-state index contributed by atoms with van der Waals surface area (Å²) in [5, 5.41) is 0.429. The van der Waals surface area contributed by atoms with Gasteiger partial charge >= 0.3 is 0 Å². The molecule has 3 atom stereocenters. The lowest BCUT2D eigenvalue weighted by Crippen LogP contribution is -2.51. The Kier molecular flexibility index (Phi) is 5.23. The predicted octanol–water partition coefficient (Wildman–Crippen LogP) is 5.03. The number of rotatable bonds is 3. The molecule has 0 N–H and O–H groups in total. The van der Waals surface area contributed by atoms with Crippen LogP contribution < -0.4 is 4.90 Å². The number of ketones is 2. The van der Waals surface area contributed by atoms with Crippen LogP contribution in [0.4, 0.5) is 5.69 Å². The van der Waals surface area contributed by atoms with Crippen LogP contribution in [0.3, 0.4) is 0 Å². The number of hydrogen-bond acceptors (Lipinski definition) is 5. The van der Waals surface area contributed by atoms with Crippen molar-refractivity contribution in [1.29, 1.82) is 0 Å². The standard InChI is InChI=1S/C28H17Cl2NO5/c29-19-12-11-16(14-20(19)30)31-26(34)22-21(13-10-15-6-2-1-3-7-15)36-28(23(22)27(31)35)24(32)17-8-4-5-9-18(17)25(28)33/h1-14,21-23H. The van der Waals surface area contributed by atoms with Gasteiger partial charge in [-0.2, -0.15) is 0 Å². The van der Waals surface area contributed by atoms with Gasteiger partial charge in [-0.3, -0.25) is 19.2 Å². The van der Waals surface area contributed by atoms with Gasteiger partial charge in [-0.05, 0) is 23.8 Å². The highest BCUT2D eigenvalue weighted by atomic mass is 35.5. The average Bonchev–Trinajstić information content (AvgIpc) is 3.45. The molecule has 1 aliphatic carbocycles. The largest absolute Gasteiger partial charge is 0.350 e. The van der Waals surface area contributed by atoms with Gasteiger partial charge in [0.25, 0.3) is 0 Å². The summed E-state index contributed by atoms with van der Waals surface area (Å²) in [7, 11) is 0. The number of imide groups is 1. The van der Waals surface area contributed by atoms with E-state index in [1.165, 1.54) is 30.3 Å². The van der Waals surface area contributed by atoms with Crippen LogP contribution in [0.25, 0.3) is 6.08 Å². The molecule has 2 amide bonds. The summed E-state index contributed by atoms with van der Waals surface area (Å²) in [6, 6.07) is 20.1. The van der Waals surface area contributed by atoms with Gasteiger partial charge in [0.15, 0.2) is 0 Å². The average molecular weight is 518 g/mol. The highest BCUT2D eigenvalue weighted by molar-refractivity contribution is 6.42. The second-order valence-corrected chi connectivity index (χ2v) is 9.72. The molecule has 3 aromatic rings. The van der Waals surface area contributed by atoms with Gasteiger partial charge < -0.3 is 4.74 Å². The van der Waals surface area contributed by atoms with E-state index in [9.17, 15) is 19.2 Å². The van der Waals surface area contributed by atoms with E-state index in [1.807, 2.05) is 30.3 Å². The van der Waals surface area contributed by atoms with Crippen molar-refractivity contribution in [3.05, 3.63) is 106 Å². The SMILES string of the molecule is O=C1C2C(C=Cc3ccccc3)OC3(C(=O)c4ccccc4C3=O)C2C(=O)N1c1ccc(Cl)c(Cl)c1. The highest BCUT2D eigenvalue weighted by Crippen LogP contribution is 2.53. The number of anilines is 1. The first-order chi connectivity index (χ1) is 17.3. The molecular weight excluding hydrogens is 501 g/mol. The van der Waals surface area contributed by atoms with E-state index < -0.39 is 46.9 Å². The molecule has 2 aliphatic heterocycles. The lowest BCUT2D eigenvalue weighted by molar-refractivity contribution is -0.126. The summed E-state index contributed by atoms with van der Waals surface area (Å²) in [5.41, 5.74) is -0.698. The zero-order chi connectivity index (χ0) is 25.2. The van der Waals surface area contributed by atoms with Crippen LogP contribution in [0.1, 0.15) is 26.3 Å². The molecular formula is C28H17Cl2NO5. The van der Waals surface area contributed by atoms with E-state index in [1.54, 1.807) is 24.3 Å². The number of benzene rings is 3. The molecule has 6 rings (SSSR count). The molecule has 0 saturated carbocycles. The van der Waals surface area contributed by atoms with E-state index in [-0.39, 0.29) is 26.9 Å². The molecule has 3 unspecified atom stereocenters. The van der Waals surface area contributed by atoms with Crippen molar-refractivity contribution in [3.8, 4) is 0 Å². The van der Waals surface area contributed by atoms with Gasteiger partial charge in [0, 0.05) is 11.1 Å². The van der Waals surface area contributed by atoms with Gasteiger partial charge in [0.2, 0.25) is 29.0 Å². The topological polar surface area (TPSA) is 80.8 Å². The number of ether oxygens (including phenoxy) is 1. The number of carbonyl (C=O) groups excluding carboxylic acids is 4. The van der Waals surface area contributed by atoms with E-state index in [0.717, 1.165) is 10.5 Å². The maximum absolute atomic E-state index is 13.8. The number of halogens is 2. The number of fused-ring (bicyclic) bond motifs is 3. The zero-order valence-corrected chi connectivity index (χ0v) is 20.1. The summed E-state index contributed by atoms with van der Waals surface area (Å²) in [4.78, 5) is 55.9. The van der Waals surface area contributed by atoms with E-state index in [2.05, 4.69) is 0 Å². The lowest BCUT2D eigenvalue weighted by atomic mass is 9.78. The minimum Gasteiger partial charge on any atom is -0.350 e. The van der Waals surface area contributed by atoms with Gasteiger partial charge in [-0.15, -0.1) is 0 Å². The van der Waals surface area contributed by atoms with E-state index in [4.69, 9.17) is 27.9 Å². The third-order valence-electron chi connectivity index (χ3n) is 7.00. The first kappa shape index (κ1) is 22.9. The maximum atomic E-state index is 13.8. The summed E-state index contributed by atoms with van der Waals surface area (Å²) in [6.07, 6.45) is 2.40. The van der Waals surface area contributed by atoms with Crippen LogP contribution in [0.2, 0.25) is 10.0 Å². The van der Waals surface area contributed by atoms with Crippen LogP contribution in [0, 0.1) is 11.8 Å². The Balaban J connectivity index is 1.49. The van der Waals surface area contributed by atoms with Gasteiger partial charge in [0.1, 0.15) is 0 Å². The number of Topliss-reactive ketones (excluding diaryl/α,β-unsaturated/α-hetero) is 2. The monoisotopic (exact) mass is 517 g/mol. The Labute approximate surface area is 216 Å². The minimum atomic E-state index is -2.11. The van der Waals surface area contributed by atoms with Crippen LogP contribution in [0.5, 0.6) is 0 Å². The van der Waals surface area contributed by atoms with E-state index >= 15 is 0 Å². The molecule has 36 heavy (non-hydrogen) atoms. The molecule has 1 spiro atoms. The van der Waals surface area contributed by atoms with Crippen molar-refractivity contribution in [2.45, 2.75) is 11.7 Å². The fourth-order valence-corrected chi connectivity index (χ4v) is 5.68. The summed E-state index contributed by atoms with van der Waals surface area (Å²) in [5.74, 6) is -4.86. The quantitative estimate of drug-likeness (QED) is 0.359. The minimum absolute atomic E-state index is 0.165. The van der Waals surface area contributed by atoms with Crippen molar-refractivity contribution in [1.82, 2.24) is 0 Å².